The van der Waals surface area contributed by atoms with Crippen molar-refractivity contribution in [2.45, 2.75) is 0 Å². The maximum atomic E-state index is 5.74. The van der Waals surface area contributed by atoms with Crippen LogP contribution in [-0.4, -0.2) is 15.0 Å². The lowest BCUT2D eigenvalue weighted by Gasteiger charge is -2.06. The van der Waals surface area contributed by atoms with Gasteiger partial charge in [-0.25, -0.2) is 9.97 Å². The summed E-state index contributed by atoms with van der Waals surface area (Å²) in [6.07, 6.45) is 3.53. The number of nitrogens with zero attached hydrogens (tertiary/aromatic N) is 2. The van der Waals surface area contributed by atoms with Crippen LogP contribution in [0.25, 0.3) is 10.9 Å². The minimum absolute atomic E-state index is 0.233. The molecule has 17 heavy (non-hydrogen) atoms. The molecule has 3 rings (SSSR count). The van der Waals surface area contributed by atoms with Gasteiger partial charge in [0.1, 0.15) is 5.82 Å². The third kappa shape index (κ3) is 1.94. The average Bonchev–Trinajstić information content (AvgIpc) is 2.78. The summed E-state index contributed by atoms with van der Waals surface area (Å²) in [4.78, 5) is 11.1. The van der Waals surface area contributed by atoms with E-state index in [2.05, 4.69) is 20.3 Å². The van der Waals surface area contributed by atoms with Crippen LogP contribution in [0, 0.1) is 0 Å². The van der Waals surface area contributed by atoms with Gasteiger partial charge in [-0.05, 0) is 35.9 Å². The first-order valence-electron chi connectivity index (χ1n) is 5.14. The monoisotopic (exact) mass is 244 g/mol. The number of halogens is 1. The standard InChI is InChI=1S/C12H9ClN4/c13-12-15-7-5-11(17-12)16-10-3-1-2-9-8(10)4-6-14-9/h1-7,14H,(H,15,16,17). The molecular weight excluding hydrogens is 236 g/mol. The molecule has 1 aromatic carbocycles. The number of hydrogen-bond acceptors (Lipinski definition) is 3. The van der Waals surface area contributed by atoms with Gasteiger partial charge in [0, 0.05) is 29.0 Å². The Hall–Kier alpha value is -2.07. The Bertz CT molecular complexity index is 662. The molecule has 0 saturated carbocycles. The number of aromatic amines is 1. The highest BCUT2D eigenvalue weighted by atomic mass is 35.5. The molecule has 2 aromatic heterocycles. The molecule has 0 radical (unpaired) electrons. The molecule has 0 atom stereocenters. The van der Waals surface area contributed by atoms with E-state index in [0.29, 0.717) is 5.82 Å². The second-order valence-electron chi connectivity index (χ2n) is 3.58. The van der Waals surface area contributed by atoms with E-state index in [1.165, 1.54) is 0 Å². The van der Waals surface area contributed by atoms with Gasteiger partial charge in [-0.2, -0.15) is 0 Å². The lowest BCUT2D eigenvalue weighted by atomic mass is 10.2. The van der Waals surface area contributed by atoms with Gasteiger partial charge >= 0.3 is 0 Å². The summed E-state index contributed by atoms with van der Waals surface area (Å²) in [5.74, 6) is 0.679. The highest BCUT2D eigenvalue weighted by molar-refractivity contribution is 6.28. The molecule has 4 nitrogen and oxygen atoms in total. The van der Waals surface area contributed by atoms with Crippen molar-refractivity contribution in [1.29, 1.82) is 0 Å². The van der Waals surface area contributed by atoms with Gasteiger partial charge in [0.2, 0.25) is 5.28 Å². The molecule has 0 spiro atoms. The molecular formula is C12H9ClN4. The molecule has 0 aliphatic heterocycles. The fraction of sp³-hybridized carbons (Fsp3) is 0. The summed E-state index contributed by atoms with van der Waals surface area (Å²) in [6, 6.07) is 9.78. The van der Waals surface area contributed by atoms with Crippen molar-refractivity contribution >= 4 is 34.0 Å². The van der Waals surface area contributed by atoms with Crippen LogP contribution in [0.3, 0.4) is 0 Å². The number of benzene rings is 1. The third-order valence-corrected chi connectivity index (χ3v) is 2.67. The SMILES string of the molecule is Clc1nccc(Nc2cccc3[nH]ccc23)n1. The molecule has 2 heterocycles. The summed E-state index contributed by atoms with van der Waals surface area (Å²) in [5, 5.41) is 4.56. The van der Waals surface area contributed by atoms with E-state index in [0.717, 1.165) is 16.6 Å². The van der Waals surface area contributed by atoms with Gasteiger partial charge in [-0.15, -0.1) is 0 Å². The minimum atomic E-state index is 0.233. The van der Waals surface area contributed by atoms with Crippen molar-refractivity contribution in [3.8, 4) is 0 Å². The number of hydrogen-bond donors (Lipinski definition) is 2. The fourth-order valence-electron chi connectivity index (χ4n) is 1.74. The lowest BCUT2D eigenvalue weighted by molar-refractivity contribution is 1.17. The molecule has 2 N–H and O–H groups in total. The smallest absolute Gasteiger partial charge is 0.224 e. The lowest BCUT2D eigenvalue weighted by Crippen LogP contribution is -1.94. The Labute approximate surface area is 103 Å². The summed E-state index contributed by atoms with van der Waals surface area (Å²) in [5.41, 5.74) is 2.06. The zero-order valence-electron chi connectivity index (χ0n) is 8.81. The topological polar surface area (TPSA) is 53.6 Å². The number of rotatable bonds is 2. The van der Waals surface area contributed by atoms with Gasteiger partial charge in [0.15, 0.2) is 0 Å². The average molecular weight is 245 g/mol. The van der Waals surface area contributed by atoms with E-state index < -0.39 is 0 Å². The van der Waals surface area contributed by atoms with Crippen molar-refractivity contribution < 1.29 is 0 Å². The minimum Gasteiger partial charge on any atom is -0.361 e. The van der Waals surface area contributed by atoms with Gasteiger partial charge < -0.3 is 10.3 Å². The van der Waals surface area contributed by atoms with Crippen molar-refractivity contribution in [2.24, 2.45) is 0 Å². The predicted octanol–water partition coefficient (Wildman–Crippen LogP) is 3.35. The Morgan fingerprint density at radius 3 is 3.00 bits per heavy atom. The molecule has 0 bridgehead atoms. The van der Waals surface area contributed by atoms with Crippen LogP contribution >= 0.6 is 11.6 Å². The molecule has 0 amide bonds. The third-order valence-electron chi connectivity index (χ3n) is 2.48. The molecule has 3 aromatic rings. The van der Waals surface area contributed by atoms with Gasteiger partial charge in [0.05, 0.1) is 0 Å². The van der Waals surface area contributed by atoms with Gasteiger partial charge in [-0.1, -0.05) is 6.07 Å². The zero-order valence-corrected chi connectivity index (χ0v) is 9.57. The molecule has 5 heteroatoms. The largest absolute Gasteiger partial charge is 0.361 e. The molecule has 84 valence electrons. The van der Waals surface area contributed by atoms with Crippen LogP contribution in [0.15, 0.2) is 42.7 Å². The van der Waals surface area contributed by atoms with Gasteiger partial charge in [-0.3, -0.25) is 0 Å². The van der Waals surface area contributed by atoms with E-state index in [4.69, 9.17) is 11.6 Å². The van der Waals surface area contributed by atoms with E-state index in [1.54, 1.807) is 12.3 Å². The second kappa shape index (κ2) is 4.07. The van der Waals surface area contributed by atoms with Gasteiger partial charge in [0.25, 0.3) is 0 Å². The van der Waals surface area contributed by atoms with E-state index in [9.17, 15) is 0 Å². The maximum absolute atomic E-state index is 5.74. The summed E-state index contributed by atoms with van der Waals surface area (Å²) < 4.78 is 0. The number of nitrogens with one attached hydrogen (secondary N) is 2. The summed E-state index contributed by atoms with van der Waals surface area (Å²) in [7, 11) is 0. The van der Waals surface area contributed by atoms with E-state index >= 15 is 0 Å². The van der Waals surface area contributed by atoms with Crippen molar-refractivity contribution in [2.75, 3.05) is 5.32 Å². The highest BCUT2D eigenvalue weighted by Gasteiger charge is 2.02. The zero-order chi connectivity index (χ0) is 11.7. The van der Waals surface area contributed by atoms with Crippen molar-refractivity contribution in [3.63, 3.8) is 0 Å². The first-order valence-corrected chi connectivity index (χ1v) is 5.52. The summed E-state index contributed by atoms with van der Waals surface area (Å²) in [6.45, 7) is 0. The van der Waals surface area contributed by atoms with E-state index in [-0.39, 0.29) is 5.28 Å². The number of anilines is 2. The quantitative estimate of drug-likeness (QED) is 0.680. The molecule has 0 fully saturated rings. The molecule has 0 aliphatic rings. The Kier molecular flexibility index (Phi) is 2.42. The fourth-order valence-corrected chi connectivity index (χ4v) is 1.88. The van der Waals surface area contributed by atoms with Crippen LogP contribution in [-0.2, 0) is 0 Å². The van der Waals surface area contributed by atoms with Crippen LogP contribution in [0.1, 0.15) is 0 Å². The van der Waals surface area contributed by atoms with Crippen molar-refractivity contribution in [1.82, 2.24) is 15.0 Å². The van der Waals surface area contributed by atoms with E-state index in [1.807, 2.05) is 30.5 Å². The van der Waals surface area contributed by atoms with Crippen LogP contribution in [0.4, 0.5) is 11.5 Å². The van der Waals surface area contributed by atoms with Crippen LogP contribution in [0.5, 0.6) is 0 Å². The number of aromatic nitrogens is 3. The van der Waals surface area contributed by atoms with Crippen molar-refractivity contribution in [3.05, 3.63) is 48.0 Å². The molecule has 0 saturated heterocycles. The number of fused-ring (bicyclic) bond motifs is 1. The Morgan fingerprint density at radius 1 is 1.18 bits per heavy atom. The Balaban J connectivity index is 2.02. The summed E-state index contributed by atoms with van der Waals surface area (Å²) >= 11 is 5.74. The maximum Gasteiger partial charge on any atom is 0.224 e. The Morgan fingerprint density at radius 2 is 2.12 bits per heavy atom. The highest BCUT2D eigenvalue weighted by Crippen LogP contribution is 2.24. The number of H-pyrrole nitrogens is 1. The second-order valence-corrected chi connectivity index (χ2v) is 3.92. The molecule has 0 unspecified atom stereocenters. The normalized spacial score (nSPS) is 10.6. The van der Waals surface area contributed by atoms with Crippen LogP contribution in [0.2, 0.25) is 5.28 Å². The first kappa shape index (κ1) is 10.1. The molecule has 0 aliphatic carbocycles. The predicted molar refractivity (Wildman–Crippen MR) is 68.6 cm³/mol. The van der Waals surface area contributed by atoms with Crippen LogP contribution < -0.4 is 5.32 Å². The first-order chi connectivity index (χ1) is 8.33.